The van der Waals surface area contributed by atoms with E-state index in [0.717, 1.165) is 12.5 Å². The molecule has 1 saturated carbocycles. The van der Waals surface area contributed by atoms with Crippen molar-refractivity contribution >= 4 is 17.6 Å². The summed E-state index contributed by atoms with van der Waals surface area (Å²) in [6, 6.07) is 3.81. The second-order valence-electron chi connectivity index (χ2n) is 4.28. The number of carboxylic acids is 1. The highest BCUT2D eigenvalue weighted by Gasteiger charge is 2.39. The first-order chi connectivity index (χ1) is 8.00. The van der Waals surface area contributed by atoms with Crippen LogP contribution in [0.4, 0.5) is 10.1 Å². The fourth-order valence-corrected chi connectivity index (χ4v) is 1.76. The summed E-state index contributed by atoms with van der Waals surface area (Å²) in [5.41, 5.74) is -0.476. The number of carbonyl (C=O) groups is 2. The normalized spacial score (nSPS) is 22.0. The number of anilines is 1. The van der Waals surface area contributed by atoms with Crippen molar-refractivity contribution in [3.63, 3.8) is 0 Å². The number of aromatic carboxylic acids is 1. The lowest BCUT2D eigenvalue weighted by molar-refractivity contribution is -0.117. The van der Waals surface area contributed by atoms with Crippen LogP contribution >= 0.6 is 0 Å². The summed E-state index contributed by atoms with van der Waals surface area (Å²) >= 11 is 0. The summed E-state index contributed by atoms with van der Waals surface area (Å²) in [5, 5.41) is 11.3. The minimum absolute atomic E-state index is 0.0154. The van der Waals surface area contributed by atoms with E-state index in [1.807, 2.05) is 6.92 Å². The van der Waals surface area contributed by atoms with Gasteiger partial charge in [0.25, 0.3) is 0 Å². The SMILES string of the molecule is CC1CC1C(=O)Nc1cccc(F)c1C(=O)O. The Morgan fingerprint density at radius 2 is 2.12 bits per heavy atom. The van der Waals surface area contributed by atoms with Crippen molar-refractivity contribution in [3.8, 4) is 0 Å². The van der Waals surface area contributed by atoms with Crippen molar-refractivity contribution in [2.24, 2.45) is 11.8 Å². The number of hydrogen-bond acceptors (Lipinski definition) is 2. The summed E-state index contributed by atoms with van der Waals surface area (Å²) in [6.07, 6.45) is 0.795. The molecule has 0 spiro atoms. The van der Waals surface area contributed by atoms with Gasteiger partial charge in [-0.25, -0.2) is 9.18 Å². The number of hydrogen-bond donors (Lipinski definition) is 2. The quantitative estimate of drug-likeness (QED) is 0.846. The maximum Gasteiger partial charge on any atom is 0.340 e. The number of amides is 1. The van der Waals surface area contributed by atoms with E-state index in [-0.39, 0.29) is 17.5 Å². The highest BCUT2D eigenvalue weighted by molar-refractivity contribution is 6.02. The van der Waals surface area contributed by atoms with Crippen LogP contribution < -0.4 is 5.32 Å². The van der Waals surface area contributed by atoms with Crippen molar-refractivity contribution in [3.05, 3.63) is 29.6 Å². The van der Waals surface area contributed by atoms with Crippen molar-refractivity contribution in [2.75, 3.05) is 5.32 Å². The molecule has 2 atom stereocenters. The lowest BCUT2D eigenvalue weighted by atomic mass is 10.1. The van der Waals surface area contributed by atoms with Crippen LogP contribution in [-0.2, 0) is 4.79 Å². The van der Waals surface area contributed by atoms with Gasteiger partial charge in [-0.1, -0.05) is 13.0 Å². The molecule has 1 fully saturated rings. The molecule has 0 heterocycles. The summed E-state index contributed by atoms with van der Waals surface area (Å²) in [6.45, 7) is 1.94. The van der Waals surface area contributed by atoms with Gasteiger partial charge in [0.2, 0.25) is 5.91 Å². The molecule has 1 aromatic rings. The van der Waals surface area contributed by atoms with Gasteiger partial charge >= 0.3 is 5.97 Å². The highest BCUT2D eigenvalue weighted by atomic mass is 19.1. The van der Waals surface area contributed by atoms with Crippen LogP contribution in [0.25, 0.3) is 0 Å². The van der Waals surface area contributed by atoms with Gasteiger partial charge in [0.05, 0.1) is 5.69 Å². The number of halogens is 1. The van der Waals surface area contributed by atoms with Crippen LogP contribution in [0.2, 0.25) is 0 Å². The molecule has 1 aromatic carbocycles. The molecule has 1 aliphatic rings. The van der Waals surface area contributed by atoms with Crippen molar-refractivity contribution in [1.29, 1.82) is 0 Å². The van der Waals surface area contributed by atoms with Gasteiger partial charge in [-0.2, -0.15) is 0 Å². The van der Waals surface area contributed by atoms with Gasteiger partial charge in [0, 0.05) is 5.92 Å². The van der Waals surface area contributed by atoms with Crippen molar-refractivity contribution in [1.82, 2.24) is 0 Å². The summed E-state index contributed by atoms with van der Waals surface area (Å²) in [4.78, 5) is 22.5. The van der Waals surface area contributed by atoms with Gasteiger partial charge in [-0.3, -0.25) is 4.79 Å². The molecule has 4 nitrogen and oxygen atoms in total. The van der Waals surface area contributed by atoms with Gasteiger partial charge in [-0.05, 0) is 24.5 Å². The van der Waals surface area contributed by atoms with E-state index >= 15 is 0 Å². The van der Waals surface area contributed by atoms with E-state index in [9.17, 15) is 14.0 Å². The molecule has 2 N–H and O–H groups in total. The Morgan fingerprint density at radius 1 is 1.47 bits per heavy atom. The molecule has 0 aromatic heterocycles. The second-order valence-corrected chi connectivity index (χ2v) is 4.28. The summed E-state index contributed by atoms with van der Waals surface area (Å²) in [5.74, 6) is -2.25. The maximum atomic E-state index is 13.3. The largest absolute Gasteiger partial charge is 0.478 e. The number of nitrogens with one attached hydrogen (secondary N) is 1. The lowest BCUT2D eigenvalue weighted by Crippen LogP contribution is -2.17. The molecular formula is C12H12FNO3. The molecule has 1 amide bonds. The van der Waals surface area contributed by atoms with Crippen LogP contribution in [0.5, 0.6) is 0 Å². The highest BCUT2D eigenvalue weighted by Crippen LogP contribution is 2.38. The van der Waals surface area contributed by atoms with Crippen molar-refractivity contribution < 1.29 is 19.1 Å². The number of carbonyl (C=O) groups excluding carboxylic acids is 1. The van der Waals surface area contributed by atoms with Crippen molar-refractivity contribution in [2.45, 2.75) is 13.3 Å². The third-order valence-corrected chi connectivity index (χ3v) is 2.93. The Kier molecular flexibility index (Phi) is 2.83. The van der Waals surface area contributed by atoms with Crippen LogP contribution in [0.3, 0.4) is 0 Å². The van der Waals surface area contributed by atoms with E-state index in [2.05, 4.69) is 5.32 Å². The molecule has 0 radical (unpaired) electrons. The van der Waals surface area contributed by atoms with E-state index in [0.29, 0.717) is 5.92 Å². The first-order valence-corrected chi connectivity index (χ1v) is 5.33. The Hall–Kier alpha value is -1.91. The number of carboxylic acid groups (broad SMARTS) is 1. The van der Waals surface area contributed by atoms with Gasteiger partial charge in [0.15, 0.2) is 0 Å². The summed E-state index contributed by atoms with van der Waals surface area (Å²) in [7, 11) is 0. The smallest absolute Gasteiger partial charge is 0.340 e. The van der Waals surface area contributed by atoms with Gasteiger partial charge < -0.3 is 10.4 Å². The van der Waals surface area contributed by atoms with Crippen LogP contribution in [0.15, 0.2) is 18.2 Å². The third kappa shape index (κ3) is 2.27. The first-order valence-electron chi connectivity index (χ1n) is 5.33. The molecule has 2 unspecified atom stereocenters. The average Bonchev–Trinajstić information content (AvgIpc) is 2.95. The average molecular weight is 237 g/mol. The molecule has 0 bridgehead atoms. The Labute approximate surface area is 97.4 Å². The van der Waals surface area contributed by atoms with E-state index < -0.39 is 17.3 Å². The van der Waals surface area contributed by atoms with E-state index in [1.165, 1.54) is 12.1 Å². The Morgan fingerprint density at radius 3 is 2.65 bits per heavy atom. The first kappa shape index (κ1) is 11.6. The third-order valence-electron chi connectivity index (χ3n) is 2.93. The molecule has 90 valence electrons. The van der Waals surface area contributed by atoms with E-state index in [1.54, 1.807) is 0 Å². The zero-order valence-electron chi connectivity index (χ0n) is 9.24. The number of rotatable bonds is 3. The topological polar surface area (TPSA) is 66.4 Å². The lowest BCUT2D eigenvalue weighted by Gasteiger charge is -2.08. The number of benzene rings is 1. The zero-order valence-corrected chi connectivity index (χ0v) is 9.24. The predicted molar refractivity (Wildman–Crippen MR) is 59.3 cm³/mol. The summed E-state index contributed by atoms with van der Waals surface area (Å²) < 4.78 is 13.3. The fourth-order valence-electron chi connectivity index (χ4n) is 1.76. The maximum absolute atomic E-state index is 13.3. The monoisotopic (exact) mass is 237 g/mol. The van der Waals surface area contributed by atoms with Gasteiger partial charge in [0.1, 0.15) is 11.4 Å². The van der Waals surface area contributed by atoms with Gasteiger partial charge in [-0.15, -0.1) is 0 Å². The standard InChI is InChI=1S/C12H12FNO3/c1-6-5-7(6)11(15)14-9-4-2-3-8(13)10(9)12(16)17/h2-4,6-7H,5H2,1H3,(H,14,15)(H,16,17). The van der Waals surface area contributed by atoms with Crippen LogP contribution in [0.1, 0.15) is 23.7 Å². The molecule has 0 saturated heterocycles. The molecule has 0 aliphatic heterocycles. The minimum atomic E-state index is -1.39. The Bertz CT molecular complexity index is 487. The fraction of sp³-hybridized carbons (Fsp3) is 0.333. The Balaban J connectivity index is 2.23. The molecule has 17 heavy (non-hydrogen) atoms. The molecule has 2 rings (SSSR count). The second kappa shape index (κ2) is 4.16. The van der Waals surface area contributed by atoms with Crippen LogP contribution in [0, 0.1) is 17.7 Å². The predicted octanol–water partition coefficient (Wildman–Crippen LogP) is 2.12. The zero-order chi connectivity index (χ0) is 12.6. The minimum Gasteiger partial charge on any atom is -0.478 e. The van der Waals surface area contributed by atoms with E-state index in [4.69, 9.17) is 5.11 Å². The molecular weight excluding hydrogens is 225 g/mol. The molecule has 1 aliphatic carbocycles. The van der Waals surface area contributed by atoms with Crippen LogP contribution in [-0.4, -0.2) is 17.0 Å². The molecule has 5 heteroatoms.